The van der Waals surface area contributed by atoms with E-state index >= 15 is 0 Å². The fraction of sp³-hybridized carbons (Fsp3) is 0.182. The van der Waals surface area contributed by atoms with Crippen LogP contribution >= 0.6 is 11.3 Å². The van der Waals surface area contributed by atoms with E-state index in [1.54, 1.807) is 0 Å². The summed E-state index contributed by atoms with van der Waals surface area (Å²) in [6.45, 7) is 3.38. The normalized spacial score (nSPS) is 14.8. The maximum absolute atomic E-state index is 9.61. The van der Waals surface area contributed by atoms with Crippen LogP contribution in [0, 0.1) is 11.3 Å². The molecule has 1 aliphatic heterocycles. The van der Waals surface area contributed by atoms with Crippen LogP contribution in [0.5, 0.6) is 0 Å². The van der Waals surface area contributed by atoms with Crippen molar-refractivity contribution in [3.63, 3.8) is 0 Å². The molecule has 3 aromatic rings. The molecule has 0 N–H and O–H groups in total. The molecule has 1 fully saturated rings. The minimum Gasteiger partial charge on any atom is -0.378 e. The standard InChI is InChI=1S/C22H19N3OS/c23-15-19(22-24-21(16-27-22)18-4-2-1-3-5-18)14-17-6-8-20(9-7-17)25-10-12-26-13-11-25/h1-9,14,16H,10-13H2/b19-14+. The van der Waals surface area contributed by atoms with E-state index in [1.807, 2.05) is 53.9 Å². The number of hydrogen-bond donors (Lipinski definition) is 0. The number of hydrogen-bond acceptors (Lipinski definition) is 5. The van der Waals surface area contributed by atoms with Gasteiger partial charge in [-0.25, -0.2) is 4.98 Å². The van der Waals surface area contributed by atoms with Gasteiger partial charge in [0.25, 0.3) is 0 Å². The third-order valence-electron chi connectivity index (χ3n) is 4.50. The zero-order valence-corrected chi connectivity index (χ0v) is 15.7. The zero-order valence-electron chi connectivity index (χ0n) is 14.8. The van der Waals surface area contributed by atoms with E-state index in [1.165, 1.54) is 17.0 Å². The first-order chi connectivity index (χ1) is 13.3. The van der Waals surface area contributed by atoms with Gasteiger partial charge < -0.3 is 9.64 Å². The molecule has 1 aromatic heterocycles. The minimum absolute atomic E-state index is 0.585. The lowest BCUT2D eigenvalue weighted by Gasteiger charge is -2.28. The van der Waals surface area contributed by atoms with Crippen LogP contribution in [0.2, 0.25) is 0 Å². The first-order valence-electron chi connectivity index (χ1n) is 8.89. The summed E-state index contributed by atoms with van der Waals surface area (Å²) in [4.78, 5) is 6.96. The maximum Gasteiger partial charge on any atom is 0.134 e. The molecule has 27 heavy (non-hydrogen) atoms. The second-order valence-electron chi connectivity index (χ2n) is 6.26. The van der Waals surface area contributed by atoms with Crippen molar-refractivity contribution in [3.05, 3.63) is 70.5 Å². The van der Waals surface area contributed by atoms with Crippen LogP contribution in [-0.2, 0) is 4.74 Å². The zero-order chi connectivity index (χ0) is 18.5. The molecule has 4 rings (SSSR count). The van der Waals surface area contributed by atoms with Crippen molar-refractivity contribution in [2.24, 2.45) is 0 Å². The van der Waals surface area contributed by atoms with Gasteiger partial charge in [0, 0.05) is 29.7 Å². The Balaban J connectivity index is 1.55. The average Bonchev–Trinajstić information content (AvgIpc) is 3.24. The van der Waals surface area contributed by atoms with E-state index < -0.39 is 0 Å². The summed E-state index contributed by atoms with van der Waals surface area (Å²) in [5, 5.41) is 12.3. The van der Waals surface area contributed by atoms with Gasteiger partial charge in [0.05, 0.1) is 24.5 Å². The molecule has 134 valence electrons. The van der Waals surface area contributed by atoms with Gasteiger partial charge in [-0.1, -0.05) is 42.5 Å². The van der Waals surface area contributed by atoms with Gasteiger partial charge in [0.1, 0.15) is 11.1 Å². The van der Waals surface area contributed by atoms with Crippen LogP contribution in [0.15, 0.2) is 60.0 Å². The van der Waals surface area contributed by atoms with Crippen molar-refractivity contribution in [3.8, 4) is 17.3 Å². The monoisotopic (exact) mass is 373 g/mol. The lowest BCUT2D eigenvalue weighted by atomic mass is 10.1. The lowest BCUT2D eigenvalue weighted by Crippen LogP contribution is -2.36. The summed E-state index contributed by atoms with van der Waals surface area (Å²) in [5.74, 6) is 0. The smallest absolute Gasteiger partial charge is 0.134 e. The number of benzene rings is 2. The quantitative estimate of drug-likeness (QED) is 0.622. The molecule has 0 amide bonds. The highest BCUT2D eigenvalue weighted by Crippen LogP contribution is 2.27. The Hall–Kier alpha value is -2.94. The number of nitrogens with zero attached hydrogens (tertiary/aromatic N) is 3. The molecule has 0 spiro atoms. The van der Waals surface area contributed by atoms with Gasteiger partial charge in [-0.15, -0.1) is 11.3 Å². The maximum atomic E-state index is 9.61. The second kappa shape index (κ2) is 8.17. The summed E-state index contributed by atoms with van der Waals surface area (Å²) in [7, 11) is 0. The van der Waals surface area contributed by atoms with Gasteiger partial charge in [-0.05, 0) is 23.8 Å². The Kier molecular flexibility index (Phi) is 5.29. The van der Waals surface area contributed by atoms with Crippen LogP contribution in [0.25, 0.3) is 22.9 Å². The number of ether oxygens (including phenoxy) is 1. The SMILES string of the molecule is N#C/C(=C\c1ccc(N2CCOCC2)cc1)c1nc(-c2ccccc2)cs1. The van der Waals surface area contributed by atoms with Crippen molar-refractivity contribution >= 4 is 28.7 Å². The van der Waals surface area contributed by atoms with Crippen LogP contribution in [0.3, 0.4) is 0 Å². The highest BCUT2D eigenvalue weighted by atomic mass is 32.1. The first-order valence-corrected chi connectivity index (χ1v) is 9.77. The third kappa shape index (κ3) is 4.08. The molecule has 2 aromatic carbocycles. The molecule has 4 nitrogen and oxygen atoms in total. The molecule has 1 saturated heterocycles. The van der Waals surface area contributed by atoms with Crippen LogP contribution < -0.4 is 4.90 Å². The van der Waals surface area contributed by atoms with Crippen molar-refractivity contribution in [2.45, 2.75) is 0 Å². The van der Waals surface area contributed by atoms with E-state index in [-0.39, 0.29) is 0 Å². The summed E-state index contributed by atoms with van der Waals surface area (Å²) >= 11 is 1.50. The van der Waals surface area contributed by atoms with Crippen LogP contribution in [0.4, 0.5) is 5.69 Å². The Morgan fingerprint density at radius 3 is 2.52 bits per heavy atom. The van der Waals surface area contributed by atoms with Gasteiger partial charge in [0.2, 0.25) is 0 Å². The van der Waals surface area contributed by atoms with Crippen molar-refractivity contribution in [1.29, 1.82) is 5.26 Å². The van der Waals surface area contributed by atoms with E-state index in [0.29, 0.717) is 5.57 Å². The largest absolute Gasteiger partial charge is 0.378 e. The Morgan fingerprint density at radius 2 is 1.81 bits per heavy atom. The van der Waals surface area contributed by atoms with Gasteiger partial charge in [-0.2, -0.15) is 5.26 Å². The van der Waals surface area contributed by atoms with Crippen LogP contribution in [0.1, 0.15) is 10.6 Å². The van der Waals surface area contributed by atoms with Crippen molar-refractivity contribution in [2.75, 3.05) is 31.2 Å². The Labute approximate surface area is 163 Å². The second-order valence-corrected chi connectivity index (χ2v) is 7.12. The molecule has 0 atom stereocenters. The van der Waals surface area contributed by atoms with Gasteiger partial charge >= 0.3 is 0 Å². The predicted octanol–water partition coefficient (Wildman–Crippen LogP) is 4.71. The molecule has 0 radical (unpaired) electrons. The predicted molar refractivity (Wildman–Crippen MR) is 111 cm³/mol. The van der Waals surface area contributed by atoms with Crippen molar-refractivity contribution < 1.29 is 4.74 Å². The highest BCUT2D eigenvalue weighted by Gasteiger charge is 2.12. The molecule has 1 aliphatic rings. The molecule has 0 bridgehead atoms. The number of aromatic nitrogens is 1. The summed E-state index contributed by atoms with van der Waals surface area (Å²) in [6.07, 6.45) is 1.90. The molecule has 0 saturated carbocycles. The number of nitriles is 1. The topological polar surface area (TPSA) is 49.2 Å². The molecule has 5 heteroatoms. The molecule has 0 unspecified atom stereocenters. The van der Waals surface area contributed by atoms with E-state index in [0.717, 1.165) is 48.1 Å². The molecule has 2 heterocycles. The first kappa shape index (κ1) is 17.5. The summed E-state index contributed by atoms with van der Waals surface area (Å²) in [5.41, 5.74) is 4.74. The summed E-state index contributed by atoms with van der Waals surface area (Å²) < 4.78 is 5.40. The fourth-order valence-corrected chi connectivity index (χ4v) is 3.85. The van der Waals surface area contributed by atoms with Crippen LogP contribution in [-0.4, -0.2) is 31.3 Å². The van der Waals surface area contributed by atoms with Gasteiger partial charge in [-0.3, -0.25) is 0 Å². The highest BCUT2D eigenvalue weighted by molar-refractivity contribution is 7.11. The minimum atomic E-state index is 0.585. The van der Waals surface area contributed by atoms with E-state index in [2.05, 4.69) is 28.1 Å². The lowest BCUT2D eigenvalue weighted by molar-refractivity contribution is 0.122. The molecule has 0 aliphatic carbocycles. The Bertz CT molecular complexity index is 965. The average molecular weight is 373 g/mol. The number of allylic oxidation sites excluding steroid dienone is 1. The number of morpholine rings is 1. The fourth-order valence-electron chi connectivity index (χ4n) is 3.05. The molecular formula is C22H19N3OS. The van der Waals surface area contributed by atoms with Gasteiger partial charge in [0.15, 0.2) is 0 Å². The number of rotatable bonds is 4. The Morgan fingerprint density at radius 1 is 1.07 bits per heavy atom. The number of anilines is 1. The summed E-state index contributed by atoms with van der Waals surface area (Å²) in [6, 6.07) is 20.6. The third-order valence-corrected chi connectivity index (χ3v) is 5.38. The van der Waals surface area contributed by atoms with Crippen molar-refractivity contribution in [1.82, 2.24) is 4.98 Å². The van der Waals surface area contributed by atoms with E-state index in [4.69, 9.17) is 4.74 Å². The number of thiazole rings is 1. The van der Waals surface area contributed by atoms with E-state index in [9.17, 15) is 5.26 Å². The molecular weight excluding hydrogens is 354 g/mol.